The number of ether oxygens (including phenoxy) is 1. The molecule has 31 heavy (non-hydrogen) atoms. The largest absolute Gasteiger partial charge is 0.493 e. The summed E-state index contributed by atoms with van der Waals surface area (Å²) in [7, 11) is 0. The van der Waals surface area contributed by atoms with Crippen LogP contribution >= 0.6 is 0 Å². The van der Waals surface area contributed by atoms with E-state index in [0.29, 0.717) is 12.3 Å². The van der Waals surface area contributed by atoms with Crippen LogP contribution in [0.4, 0.5) is 5.69 Å². The minimum Gasteiger partial charge on any atom is -0.493 e. The van der Waals surface area contributed by atoms with Gasteiger partial charge in [0, 0.05) is 5.39 Å². The Bertz CT molecular complexity index is 1240. The van der Waals surface area contributed by atoms with Gasteiger partial charge in [-0.05, 0) is 48.7 Å². The molecule has 1 heterocycles. The minimum absolute atomic E-state index is 0.0307. The SMILES string of the molecule is Cc1cc(C)cc(OCC(=O)N=Nc2c(O)n(Cc3ccccc3)c3ccccc23)c1. The monoisotopic (exact) mass is 413 g/mol. The molecule has 1 amide bonds. The molecule has 4 rings (SSSR count). The number of rotatable bonds is 6. The maximum atomic E-state index is 12.2. The van der Waals surface area contributed by atoms with Crippen molar-refractivity contribution in [2.75, 3.05) is 6.61 Å². The number of fused-ring (bicyclic) bond motifs is 1. The lowest BCUT2D eigenvalue weighted by Gasteiger charge is -2.07. The lowest BCUT2D eigenvalue weighted by molar-refractivity contribution is -0.120. The van der Waals surface area contributed by atoms with E-state index >= 15 is 0 Å². The third-order valence-corrected chi connectivity index (χ3v) is 4.92. The molecule has 0 unspecified atom stereocenters. The Morgan fingerprint density at radius 2 is 1.65 bits per heavy atom. The van der Waals surface area contributed by atoms with Crippen molar-refractivity contribution in [2.45, 2.75) is 20.4 Å². The number of hydrogen-bond acceptors (Lipinski definition) is 4. The van der Waals surface area contributed by atoms with Crippen LogP contribution < -0.4 is 4.74 Å². The number of hydrogen-bond donors (Lipinski definition) is 1. The standard InChI is InChI=1S/C25H23N3O3/c1-17-12-18(2)14-20(13-17)31-16-23(29)26-27-24-21-10-6-7-11-22(21)28(25(24)30)15-19-8-4-3-5-9-19/h3-14,30H,15-16H2,1-2H3. The number of amides is 1. The van der Waals surface area contributed by atoms with Gasteiger partial charge in [-0.15, -0.1) is 10.2 Å². The second-order valence-corrected chi connectivity index (χ2v) is 7.47. The maximum Gasteiger partial charge on any atom is 0.302 e. The summed E-state index contributed by atoms with van der Waals surface area (Å²) in [5.41, 5.74) is 4.24. The molecule has 0 saturated carbocycles. The molecule has 6 heteroatoms. The summed E-state index contributed by atoms with van der Waals surface area (Å²) in [6.07, 6.45) is 0. The summed E-state index contributed by atoms with van der Waals surface area (Å²) >= 11 is 0. The van der Waals surface area contributed by atoms with Crippen LogP contribution in [0, 0.1) is 13.8 Å². The Labute approximate surface area is 180 Å². The molecule has 1 N–H and O–H groups in total. The molecular formula is C25H23N3O3. The van der Waals surface area contributed by atoms with Crippen molar-refractivity contribution in [2.24, 2.45) is 10.2 Å². The van der Waals surface area contributed by atoms with Crippen LogP contribution in [-0.4, -0.2) is 22.2 Å². The van der Waals surface area contributed by atoms with E-state index in [1.54, 1.807) is 4.57 Å². The van der Waals surface area contributed by atoms with Gasteiger partial charge in [-0.3, -0.25) is 4.79 Å². The molecule has 0 fully saturated rings. The summed E-state index contributed by atoms with van der Waals surface area (Å²) in [6.45, 7) is 4.19. The smallest absolute Gasteiger partial charge is 0.302 e. The third-order valence-electron chi connectivity index (χ3n) is 4.92. The van der Waals surface area contributed by atoms with Crippen molar-refractivity contribution >= 4 is 22.5 Å². The van der Waals surface area contributed by atoms with E-state index < -0.39 is 5.91 Å². The number of aromatic hydroxyl groups is 1. The first-order valence-corrected chi connectivity index (χ1v) is 10.0. The van der Waals surface area contributed by atoms with E-state index in [2.05, 4.69) is 10.2 Å². The number of para-hydroxylation sites is 1. The Balaban J connectivity index is 1.55. The highest BCUT2D eigenvalue weighted by Crippen LogP contribution is 2.39. The first-order chi connectivity index (χ1) is 15.0. The van der Waals surface area contributed by atoms with Crippen LogP contribution in [0.1, 0.15) is 16.7 Å². The Morgan fingerprint density at radius 3 is 2.39 bits per heavy atom. The number of nitrogens with zero attached hydrogens (tertiary/aromatic N) is 3. The molecule has 4 aromatic rings. The minimum atomic E-state index is -0.529. The van der Waals surface area contributed by atoms with Crippen LogP contribution in [-0.2, 0) is 11.3 Å². The van der Waals surface area contributed by atoms with Crippen molar-refractivity contribution in [3.63, 3.8) is 0 Å². The van der Waals surface area contributed by atoms with E-state index in [4.69, 9.17) is 4.74 Å². The molecule has 0 radical (unpaired) electrons. The van der Waals surface area contributed by atoms with Crippen molar-refractivity contribution in [3.05, 3.63) is 89.5 Å². The van der Waals surface area contributed by atoms with Gasteiger partial charge in [0.15, 0.2) is 12.3 Å². The molecule has 0 atom stereocenters. The fraction of sp³-hybridized carbons (Fsp3) is 0.160. The van der Waals surface area contributed by atoms with E-state index in [1.165, 1.54) is 0 Å². The summed E-state index contributed by atoms with van der Waals surface area (Å²) < 4.78 is 7.31. The lowest BCUT2D eigenvalue weighted by Crippen LogP contribution is -2.08. The van der Waals surface area contributed by atoms with Gasteiger partial charge in [0.05, 0.1) is 12.1 Å². The quantitative estimate of drug-likeness (QED) is 0.412. The lowest BCUT2D eigenvalue weighted by atomic mass is 10.1. The maximum absolute atomic E-state index is 12.2. The van der Waals surface area contributed by atoms with Crippen molar-refractivity contribution in [1.29, 1.82) is 0 Å². The van der Waals surface area contributed by atoms with Crippen LogP contribution in [0.2, 0.25) is 0 Å². The second kappa shape index (κ2) is 8.83. The predicted octanol–water partition coefficient (Wildman–Crippen LogP) is 5.70. The number of aryl methyl sites for hydroxylation is 2. The molecule has 0 aliphatic heterocycles. The number of benzene rings is 3. The van der Waals surface area contributed by atoms with Gasteiger partial charge in [0.2, 0.25) is 5.88 Å². The van der Waals surface area contributed by atoms with Gasteiger partial charge in [0.1, 0.15) is 5.75 Å². The summed E-state index contributed by atoms with van der Waals surface area (Å²) in [6, 6.07) is 23.1. The molecule has 0 aliphatic rings. The zero-order chi connectivity index (χ0) is 21.8. The normalized spacial score (nSPS) is 11.3. The summed E-state index contributed by atoms with van der Waals surface area (Å²) in [5, 5.41) is 19.4. The third kappa shape index (κ3) is 4.64. The van der Waals surface area contributed by atoms with Crippen molar-refractivity contribution in [3.8, 4) is 11.6 Å². The molecule has 156 valence electrons. The average Bonchev–Trinajstić information content (AvgIpc) is 3.02. The van der Waals surface area contributed by atoms with Gasteiger partial charge >= 0.3 is 5.91 Å². The number of azo groups is 1. The second-order valence-electron chi connectivity index (χ2n) is 7.47. The van der Waals surface area contributed by atoms with E-state index in [0.717, 1.165) is 27.6 Å². The molecule has 0 saturated heterocycles. The van der Waals surface area contributed by atoms with Crippen molar-refractivity contribution < 1.29 is 14.6 Å². The highest BCUT2D eigenvalue weighted by molar-refractivity contribution is 5.95. The van der Waals surface area contributed by atoms with E-state index in [9.17, 15) is 9.90 Å². The number of carbonyl (C=O) groups excluding carboxylic acids is 1. The Hall–Kier alpha value is -3.93. The highest BCUT2D eigenvalue weighted by atomic mass is 16.5. The first kappa shape index (κ1) is 20.3. The molecule has 6 nitrogen and oxygen atoms in total. The molecular weight excluding hydrogens is 390 g/mol. The van der Waals surface area contributed by atoms with Gasteiger partial charge in [-0.1, -0.05) is 54.6 Å². The fourth-order valence-electron chi connectivity index (χ4n) is 3.59. The Morgan fingerprint density at radius 1 is 0.968 bits per heavy atom. The summed E-state index contributed by atoms with van der Waals surface area (Å²) in [5.74, 6) is 0.0543. The van der Waals surface area contributed by atoms with Crippen molar-refractivity contribution in [1.82, 2.24) is 4.57 Å². The molecule has 0 aliphatic carbocycles. The Kier molecular flexibility index (Phi) is 5.80. The van der Waals surface area contributed by atoms with E-state index in [1.807, 2.05) is 86.6 Å². The average molecular weight is 413 g/mol. The molecule has 1 aromatic heterocycles. The molecule has 0 spiro atoms. The molecule has 0 bridgehead atoms. The van der Waals surface area contributed by atoms with E-state index in [-0.39, 0.29) is 18.2 Å². The number of carbonyl (C=O) groups is 1. The zero-order valence-corrected chi connectivity index (χ0v) is 17.4. The van der Waals surface area contributed by atoms with Crippen LogP contribution in [0.3, 0.4) is 0 Å². The highest BCUT2D eigenvalue weighted by Gasteiger charge is 2.17. The van der Waals surface area contributed by atoms with Gasteiger partial charge in [-0.2, -0.15) is 0 Å². The first-order valence-electron chi connectivity index (χ1n) is 10.0. The fourth-order valence-corrected chi connectivity index (χ4v) is 3.59. The number of aromatic nitrogens is 1. The van der Waals surface area contributed by atoms with Crippen LogP contribution in [0.5, 0.6) is 11.6 Å². The summed E-state index contributed by atoms with van der Waals surface area (Å²) in [4.78, 5) is 12.2. The van der Waals surface area contributed by atoms with Gasteiger partial charge in [0.25, 0.3) is 0 Å². The molecule has 3 aromatic carbocycles. The zero-order valence-electron chi connectivity index (χ0n) is 17.4. The van der Waals surface area contributed by atoms with Crippen LogP contribution in [0.15, 0.2) is 83.0 Å². The van der Waals surface area contributed by atoms with Gasteiger partial charge < -0.3 is 14.4 Å². The predicted molar refractivity (Wildman–Crippen MR) is 120 cm³/mol. The van der Waals surface area contributed by atoms with Crippen LogP contribution in [0.25, 0.3) is 10.9 Å². The topological polar surface area (TPSA) is 76.2 Å². The van der Waals surface area contributed by atoms with Gasteiger partial charge in [-0.25, -0.2) is 0 Å².